The minimum absolute atomic E-state index is 0.00407. The Bertz CT molecular complexity index is 1470. The molecule has 0 atom stereocenters. The molecule has 0 unspecified atom stereocenters. The summed E-state index contributed by atoms with van der Waals surface area (Å²) in [5.41, 5.74) is -0.678. The number of aryl methyl sites for hydroxylation is 1. The summed E-state index contributed by atoms with van der Waals surface area (Å²) >= 11 is 3.27. The van der Waals surface area contributed by atoms with Gasteiger partial charge in [0, 0.05) is 10.0 Å². The predicted molar refractivity (Wildman–Crippen MR) is 131 cm³/mol. The molecule has 1 saturated heterocycles. The number of alkyl halides is 3. The molecule has 4 rings (SSSR count). The van der Waals surface area contributed by atoms with Gasteiger partial charge in [0.25, 0.3) is 11.8 Å². The van der Waals surface area contributed by atoms with Gasteiger partial charge in [-0.2, -0.15) is 13.2 Å². The van der Waals surface area contributed by atoms with Gasteiger partial charge in [-0.3, -0.25) is 14.9 Å². The van der Waals surface area contributed by atoms with Crippen molar-refractivity contribution in [3.05, 3.63) is 99.0 Å². The van der Waals surface area contributed by atoms with Crippen LogP contribution in [0.4, 0.5) is 23.7 Å². The summed E-state index contributed by atoms with van der Waals surface area (Å²) in [6.07, 6.45) is -3.63. The lowest BCUT2D eigenvalue weighted by molar-refractivity contribution is -0.137. The van der Waals surface area contributed by atoms with Crippen molar-refractivity contribution in [3.8, 4) is 5.75 Å². The summed E-state index contributed by atoms with van der Waals surface area (Å²) in [6.45, 7) is 1.85. The second kappa shape index (κ2) is 10.0. The van der Waals surface area contributed by atoms with Crippen molar-refractivity contribution >= 4 is 51.5 Å². The number of hydrogen-bond donors (Lipinski definition) is 1. The highest BCUT2D eigenvalue weighted by Gasteiger charge is 2.38. The summed E-state index contributed by atoms with van der Waals surface area (Å²) in [5, 5.41) is 1.95. The van der Waals surface area contributed by atoms with Crippen LogP contribution >= 0.6 is 15.9 Å². The van der Waals surface area contributed by atoms with Gasteiger partial charge in [-0.1, -0.05) is 39.7 Å². The molecule has 7 nitrogen and oxygen atoms in total. The molecule has 1 fully saturated rings. The molecule has 188 valence electrons. The van der Waals surface area contributed by atoms with Crippen LogP contribution in [0.15, 0.2) is 76.8 Å². The van der Waals surface area contributed by atoms with E-state index in [0.717, 1.165) is 29.8 Å². The molecule has 1 aliphatic heterocycles. The number of imide groups is 2. The number of barbiturate groups is 1. The molecule has 3 aromatic carbocycles. The van der Waals surface area contributed by atoms with Gasteiger partial charge in [-0.05, 0) is 61.5 Å². The van der Waals surface area contributed by atoms with E-state index < -0.39 is 41.1 Å². The highest BCUT2D eigenvalue weighted by atomic mass is 79.9. The molecular formula is C26H16BrF3N2O5. The third-order valence-electron chi connectivity index (χ3n) is 5.29. The Hall–Kier alpha value is -4.25. The maximum absolute atomic E-state index is 13.2. The van der Waals surface area contributed by atoms with Gasteiger partial charge >= 0.3 is 18.2 Å². The molecule has 3 aromatic rings. The van der Waals surface area contributed by atoms with Gasteiger partial charge < -0.3 is 4.74 Å². The smallest absolute Gasteiger partial charge is 0.416 e. The Kier molecular flexibility index (Phi) is 6.99. The normalized spacial score (nSPS) is 15.1. The topological polar surface area (TPSA) is 92.8 Å². The van der Waals surface area contributed by atoms with Crippen molar-refractivity contribution in [2.45, 2.75) is 13.1 Å². The number of halogens is 4. The number of amides is 4. The van der Waals surface area contributed by atoms with Crippen LogP contribution < -0.4 is 15.0 Å². The highest BCUT2D eigenvalue weighted by molar-refractivity contribution is 9.10. The second-order valence-electron chi connectivity index (χ2n) is 7.94. The number of anilines is 1. The fraction of sp³-hybridized carbons (Fsp3) is 0.0769. The van der Waals surface area contributed by atoms with E-state index in [4.69, 9.17) is 4.74 Å². The zero-order chi connectivity index (χ0) is 26.9. The number of esters is 1. The third-order valence-corrected chi connectivity index (χ3v) is 5.79. The van der Waals surface area contributed by atoms with E-state index in [2.05, 4.69) is 15.9 Å². The van der Waals surface area contributed by atoms with Gasteiger partial charge in [0.05, 0.1) is 16.8 Å². The summed E-state index contributed by atoms with van der Waals surface area (Å²) in [7, 11) is 0. The van der Waals surface area contributed by atoms with Crippen LogP contribution in [0.25, 0.3) is 6.08 Å². The number of nitrogens with zero attached hydrogens (tertiary/aromatic N) is 1. The summed E-state index contributed by atoms with van der Waals surface area (Å²) in [6, 6.07) is 13.5. The molecule has 4 amide bonds. The Morgan fingerprint density at radius 3 is 2.38 bits per heavy atom. The summed E-state index contributed by atoms with van der Waals surface area (Å²) in [4.78, 5) is 51.2. The van der Waals surface area contributed by atoms with Gasteiger partial charge in [-0.15, -0.1) is 0 Å². The van der Waals surface area contributed by atoms with Crippen LogP contribution in [0.5, 0.6) is 5.75 Å². The quantitative estimate of drug-likeness (QED) is 0.188. The fourth-order valence-corrected chi connectivity index (χ4v) is 3.82. The van der Waals surface area contributed by atoms with Crippen molar-refractivity contribution in [1.82, 2.24) is 5.32 Å². The molecular weight excluding hydrogens is 557 g/mol. The second-order valence-corrected chi connectivity index (χ2v) is 8.86. The number of ether oxygens (including phenoxy) is 1. The number of benzene rings is 3. The SMILES string of the molecule is Cc1ccc(C(=O)Oc2ccc(Br)cc2/C=C2/C(=O)NC(=O)N(c3cccc(C(F)(F)F)c3)C2=O)cc1. The molecule has 0 aliphatic carbocycles. The van der Waals surface area contributed by atoms with Gasteiger partial charge in [0.15, 0.2) is 0 Å². The van der Waals surface area contributed by atoms with E-state index >= 15 is 0 Å². The van der Waals surface area contributed by atoms with Crippen LogP contribution in [0.1, 0.15) is 27.0 Å². The van der Waals surface area contributed by atoms with Crippen molar-refractivity contribution in [2.24, 2.45) is 0 Å². The average Bonchev–Trinajstić information content (AvgIpc) is 2.83. The molecule has 1 heterocycles. The molecule has 0 spiro atoms. The number of rotatable bonds is 4. The van der Waals surface area contributed by atoms with Crippen LogP contribution in [0.3, 0.4) is 0 Å². The maximum atomic E-state index is 13.2. The van der Waals surface area contributed by atoms with Gasteiger partial charge in [-0.25, -0.2) is 14.5 Å². The van der Waals surface area contributed by atoms with E-state index in [1.165, 1.54) is 12.1 Å². The van der Waals surface area contributed by atoms with Gasteiger partial charge in [0.1, 0.15) is 11.3 Å². The Balaban J connectivity index is 1.71. The molecule has 37 heavy (non-hydrogen) atoms. The van der Waals surface area contributed by atoms with Crippen molar-refractivity contribution in [2.75, 3.05) is 4.90 Å². The number of carbonyl (C=O) groups is 4. The van der Waals surface area contributed by atoms with E-state index in [1.807, 2.05) is 12.2 Å². The van der Waals surface area contributed by atoms with E-state index in [-0.39, 0.29) is 22.6 Å². The van der Waals surface area contributed by atoms with Gasteiger partial charge in [0.2, 0.25) is 0 Å². The van der Waals surface area contributed by atoms with Crippen LogP contribution in [0.2, 0.25) is 0 Å². The monoisotopic (exact) mass is 572 g/mol. The largest absolute Gasteiger partial charge is 0.422 e. The molecule has 0 bridgehead atoms. The van der Waals surface area contributed by atoms with Crippen LogP contribution in [0, 0.1) is 6.92 Å². The van der Waals surface area contributed by atoms with Crippen molar-refractivity contribution in [1.29, 1.82) is 0 Å². The van der Waals surface area contributed by atoms with Crippen molar-refractivity contribution < 1.29 is 37.1 Å². The van der Waals surface area contributed by atoms with E-state index in [9.17, 15) is 32.3 Å². The summed E-state index contributed by atoms with van der Waals surface area (Å²) < 4.78 is 45.5. The maximum Gasteiger partial charge on any atom is 0.416 e. The first-order valence-electron chi connectivity index (χ1n) is 10.6. The zero-order valence-corrected chi connectivity index (χ0v) is 20.5. The first-order chi connectivity index (χ1) is 17.4. The predicted octanol–water partition coefficient (Wildman–Crippen LogP) is 5.66. The number of carbonyl (C=O) groups excluding carboxylic acids is 4. The van der Waals surface area contributed by atoms with E-state index in [1.54, 1.807) is 30.3 Å². The Morgan fingerprint density at radius 2 is 1.70 bits per heavy atom. The molecule has 0 saturated carbocycles. The standard InChI is InChI=1S/C26H16BrF3N2O5/c1-14-5-7-15(8-6-14)24(35)37-21-10-9-18(27)11-16(21)12-20-22(33)31-25(36)32(23(20)34)19-4-2-3-17(13-19)26(28,29)30/h2-13H,1H3,(H,31,33,36)/b20-12-. The highest BCUT2D eigenvalue weighted by Crippen LogP contribution is 2.33. The lowest BCUT2D eigenvalue weighted by atomic mass is 10.1. The number of nitrogens with one attached hydrogen (secondary N) is 1. The fourth-order valence-electron chi connectivity index (χ4n) is 3.44. The average molecular weight is 573 g/mol. The van der Waals surface area contributed by atoms with Crippen LogP contribution in [-0.2, 0) is 15.8 Å². The lowest BCUT2D eigenvalue weighted by Crippen LogP contribution is -2.54. The minimum atomic E-state index is -4.72. The minimum Gasteiger partial charge on any atom is -0.422 e. The summed E-state index contributed by atoms with van der Waals surface area (Å²) in [5.74, 6) is -2.90. The molecule has 1 aliphatic rings. The molecule has 1 N–H and O–H groups in total. The first-order valence-corrected chi connectivity index (χ1v) is 11.4. The molecule has 11 heteroatoms. The zero-order valence-electron chi connectivity index (χ0n) is 18.9. The van der Waals surface area contributed by atoms with E-state index in [0.29, 0.717) is 15.4 Å². The molecule has 0 radical (unpaired) electrons. The Labute approximate surface area is 216 Å². The number of hydrogen-bond acceptors (Lipinski definition) is 5. The lowest BCUT2D eigenvalue weighted by Gasteiger charge is -2.27. The molecule has 0 aromatic heterocycles. The van der Waals surface area contributed by atoms with Crippen LogP contribution in [-0.4, -0.2) is 23.8 Å². The number of urea groups is 1. The first kappa shape index (κ1) is 25.8. The van der Waals surface area contributed by atoms with Crippen molar-refractivity contribution in [3.63, 3.8) is 0 Å². The third kappa shape index (κ3) is 5.61. The Morgan fingerprint density at radius 1 is 1.00 bits per heavy atom.